The molecular weight excluding hydrogens is 372 g/mol. The predicted octanol–water partition coefficient (Wildman–Crippen LogP) is 4.71. The number of ether oxygens (including phenoxy) is 1. The van der Waals surface area contributed by atoms with Crippen LogP contribution in [0.4, 0.5) is 5.00 Å². The number of likely N-dealkylation sites (tertiary alicyclic amines) is 1. The molecule has 28 heavy (non-hydrogen) atoms. The molecule has 0 saturated carbocycles. The van der Waals surface area contributed by atoms with E-state index in [0.717, 1.165) is 41.9 Å². The molecule has 2 aromatic rings. The van der Waals surface area contributed by atoms with Gasteiger partial charge in [0.1, 0.15) is 5.00 Å². The number of thiophene rings is 1. The van der Waals surface area contributed by atoms with Gasteiger partial charge in [-0.15, -0.1) is 11.3 Å². The van der Waals surface area contributed by atoms with E-state index < -0.39 is 0 Å². The Balaban J connectivity index is 1.91. The van der Waals surface area contributed by atoms with E-state index in [1.807, 2.05) is 42.2 Å². The highest BCUT2D eigenvalue weighted by Crippen LogP contribution is 2.40. The number of carbonyl (C=O) groups is 2. The lowest BCUT2D eigenvalue weighted by Gasteiger charge is -2.27. The topological polar surface area (TPSA) is 58.6 Å². The summed E-state index contributed by atoms with van der Waals surface area (Å²) in [5.41, 5.74) is 2.65. The number of anilines is 1. The van der Waals surface area contributed by atoms with E-state index in [1.165, 1.54) is 17.8 Å². The monoisotopic (exact) mass is 400 g/mol. The van der Waals surface area contributed by atoms with Crippen LogP contribution in [0.5, 0.6) is 0 Å². The molecule has 6 heteroatoms. The largest absolute Gasteiger partial charge is 0.385 e. The number of hydrogen-bond donors (Lipinski definition) is 1. The number of benzene rings is 1. The van der Waals surface area contributed by atoms with Crippen molar-refractivity contribution in [2.24, 2.45) is 0 Å². The molecule has 1 aromatic carbocycles. The van der Waals surface area contributed by atoms with Gasteiger partial charge in [-0.2, -0.15) is 0 Å². The van der Waals surface area contributed by atoms with E-state index in [-0.39, 0.29) is 11.8 Å². The lowest BCUT2D eigenvalue weighted by atomic mass is 10.0. The van der Waals surface area contributed by atoms with Crippen LogP contribution in [0, 0.1) is 6.92 Å². The standard InChI is InChI=1S/C22H28N2O3S/c1-16-19(22(26)24-13-7-4-8-14-24)21(23-18(25)12-9-15-27-2)28-20(16)17-10-5-3-6-11-17/h3,5-6,10-11H,4,7-9,12-15H2,1-2H3,(H,23,25). The zero-order chi connectivity index (χ0) is 19.9. The van der Waals surface area contributed by atoms with Gasteiger partial charge in [0.25, 0.3) is 5.91 Å². The van der Waals surface area contributed by atoms with Crippen LogP contribution in [0.15, 0.2) is 30.3 Å². The summed E-state index contributed by atoms with van der Waals surface area (Å²) in [6.45, 7) is 4.11. The van der Waals surface area contributed by atoms with Crippen molar-refractivity contribution < 1.29 is 14.3 Å². The van der Waals surface area contributed by atoms with Crippen molar-refractivity contribution in [2.45, 2.75) is 39.0 Å². The minimum absolute atomic E-state index is 0.0304. The minimum Gasteiger partial charge on any atom is -0.385 e. The molecule has 1 N–H and O–H groups in total. The molecule has 0 radical (unpaired) electrons. The van der Waals surface area contributed by atoms with Crippen LogP contribution < -0.4 is 5.32 Å². The average Bonchev–Trinajstić information content (AvgIpc) is 3.04. The number of amides is 2. The maximum Gasteiger partial charge on any atom is 0.257 e. The van der Waals surface area contributed by atoms with Gasteiger partial charge in [-0.25, -0.2) is 0 Å². The smallest absolute Gasteiger partial charge is 0.257 e. The minimum atomic E-state index is -0.0781. The summed E-state index contributed by atoms with van der Waals surface area (Å²) in [6, 6.07) is 10.0. The molecule has 150 valence electrons. The molecule has 5 nitrogen and oxygen atoms in total. The zero-order valence-corrected chi connectivity index (χ0v) is 17.4. The molecule has 2 amide bonds. The van der Waals surface area contributed by atoms with Gasteiger partial charge < -0.3 is 15.0 Å². The zero-order valence-electron chi connectivity index (χ0n) is 16.6. The maximum atomic E-state index is 13.3. The number of hydrogen-bond acceptors (Lipinski definition) is 4. The predicted molar refractivity (Wildman–Crippen MR) is 114 cm³/mol. The molecule has 0 bridgehead atoms. The molecule has 0 spiro atoms. The Labute approximate surface area is 170 Å². The lowest BCUT2D eigenvalue weighted by Crippen LogP contribution is -2.36. The van der Waals surface area contributed by atoms with Crippen molar-refractivity contribution in [1.29, 1.82) is 0 Å². The van der Waals surface area contributed by atoms with E-state index >= 15 is 0 Å². The van der Waals surface area contributed by atoms with Crippen molar-refractivity contribution in [3.63, 3.8) is 0 Å². The molecule has 1 aliphatic rings. The number of rotatable bonds is 7. The summed E-state index contributed by atoms with van der Waals surface area (Å²) in [7, 11) is 1.63. The number of methoxy groups -OCH3 is 1. The Morgan fingerprint density at radius 1 is 1.14 bits per heavy atom. The molecule has 1 fully saturated rings. The van der Waals surface area contributed by atoms with Gasteiger partial charge in [-0.1, -0.05) is 30.3 Å². The molecule has 3 rings (SSSR count). The fourth-order valence-corrected chi connectivity index (χ4v) is 4.77. The fraction of sp³-hybridized carbons (Fsp3) is 0.455. The van der Waals surface area contributed by atoms with E-state index in [4.69, 9.17) is 4.74 Å². The van der Waals surface area contributed by atoms with Gasteiger partial charge in [-0.3, -0.25) is 9.59 Å². The van der Waals surface area contributed by atoms with E-state index in [2.05, 4.69) is 5.32 Å². The van der Waals surface area contributed by atoms with Crippen molar-refractivity contribution in [3.8, 4) is 10.4 Å². The fourth-order valence-electron chi connectivity index (χ4n) is 3.55. The normalized spacial score (nSPS) is 14.1. The van der Waals surface area contributed by atoms with Gasteiger partial charge in [-0.05, 0) is 43.7 Å². The Morgan fingerprint density at radius 3 is 2.54 bits per heavy atom. The van der Waals surface area contributed by atoms with Crippen LogP contribution in [0.3, 0.4) is 0 Å². The number of nitrogens with zero attached hydrogens (tertiary/aromatic N) is 1. The second-order valence-electron chi connectivity index (χ2n) is 7.12. The third kappa shape index (κ3) is 4.80. The number of nitrogens with one attached hydrogen (secondary N) is 1. The summed E-state index contributed by atoms with van der Waals surface area (Å²) in [4.78, 5) is 28.7. The highest BCUT2D eigenvalue weighted by Gasteiger charge is 2.27. The summed E-state index contributed by atoms with van der Waals surface area (Å²) >= 11 is 1.49. The van der Waals surface area contributed by atoms with Crippen LogP contribution in [-0.2, 0) is 9.53 Å². The van der Waals surface area contributed by atoms with Crippen molar-refractivity contribution in [3.05, 3.63) is 41.5 Å². The summed E-state index contributed by atoms with van der Waals surface area (Å²) in [6.07, 6.45) is 4.29. The Morgan fingerprint density at radius 2 is 1.86 bits per heavy atom. The lowest BCUT2D eigenvalue weighted by molar-refractivity contribution is -0.116. The Kier molecular flexibility index (Phi) is 7.23. The van der Waals surface area contributed by atoms with Gasteiger partial charge in [0, 0.05) is 38.1 Å². The first-order valence-electron chi connectivity index (χ1n) is 9.88. The second kappa shape index (κ2) is 9.85. The van der Waals surface area contributed by atoms with E-state index in [9.17, 15) is 9.59 Å². The first-order valence-corrected chi connectivity index (χ1v) is 10.7. The van der Waals surface area contributed by atoms with Crippen LogP contribution in [0.25, 0.3) is 10.4 Å². The second-order valence-corrected chi connectivity index (χ2v) is 8.14. The highest BCUT2D eigenvalue weighted by atomic mass is 32.1. The van der Waals surface area contributed by atoms with Crippen molar-refractivity contribution in [1.82, 2.24) is 4.90 Å². The third-order valence-corrected chi connectivity index (χ3v) is 6.30. The molecule has 0 atom stereocenters. The van der Waals surface area contributed by atoms with Crippen LogP contribution >= 0.6 is 11.3 Å². The Hall–Kier alpha value is -2.18. The Bertz CT molecular complexity index is 811. The summed E-state index contributed by atoms with van der Waals surface area (Å²) in [5, 5.41) is 3.66. The first-order chi connectivity index (χ1) is 13.6. The SMILES string of the molecule is COCCCC(=O)Nc1sc(-c2ccccc2)c(C)c1C(=O)N1CCCCC1. The average molecular weight is 401 g/mol. The quantitative estimate of drug-likeness (QED) is 0.685. The molecule has 1 aromatic heterocycles. The molecule has 2 heterocycles. The molecule has 1 aliphatic heterocycles. The molecule has 0 unspecified atom stereocenters. The molecule has 1 saturated heterocycles. The van der Waals surface area contributed by atoms with Crippen LogP contribution in [0.2, 0.25) is 0 Å². The van der Waals surface area contributed by atoms with Crippen molar-refractivity contribution >= 4 is 28.2 Å². The van der Waals surface area contributed by atoms with Crippen molar-refractivity contribution in [2.75, 3.05) is 32.1 Å². The molecule has 0 aliphatic carbocycles. The molecular formula is C22H28N2O3S. The highest BCUT2D eigenvalue weighted by molar-refractivity contribution is 7.20. The summed E-state index contributed by atoms with van der Waals surface area (Å²) in [5.74, 6) is -0.0478. The van der Waals surface area contributed by atoms with Gasteiger partial charge in [0.2, 0.25) is 5.91 Å². The van der Waals surface area contributed by atoms with Crippen LogP contribution in [0.1, 0.15) is 48.0 Å². The van der Waals surface area contributed by atoms with Gasteiger partial charge >= 0.3 is 0 Å². The maximum absolute atomic E-state index is 13.3. The number of carbonyl (C=O) groups excluding carboxylic acids is 2. The number of piperidine rings is 1. The van der Waals surface area contributed by atoms with E-state index in [1.54, 1.807) is 7.11 Å². The summed E-state index contributed by atoms with van der Waals surface area (Å²) < 4.78 is 5.03. The van der Waals surface area contributed by atoms with Gasteiger partial charge in [0.15, 0.2) is 0 Å². The van der Waals surface area contributed by atoms with Crippen LogP contribution in [-0.4, -0.2) is 43.5 Å². The van der Waals surface area contributed by atoms with E-state index in [0.29, 0.717) is 30.0 Å². The van der Waals surface area contributed by atoms with Gasteiger partial charge in [0.05, 0.1) is 5.56 Å². The third-order valence-electron chi connectivity index (χ3n) is 5.05. The first kappa shape index (κ1) is 20.6.